The molecule has 4 rings (SSSR count). The summed E-state index contributed by atoms with van der Waals surface area (Å²) in [5.41, 5.74) is 4.01. The Balaban J connectivity index is 1.46. The van der Waals surface area contributed by atoms with Crippen LogP contribution in [-0.2, 0) is 24.8 Å². The van der Waals surface area contributed by atoms with E-state index in [1.54, 1.807) is 11.3 Å². The summed E-state index contributed by atoms with van der Waals surface area (Å²) in [5, 5.41) is 5.71. The van der Waals surface area contributed by atoms with E-state index >= 15 is 0 Å². The van der Waals surface area contributed by atoms with Gasteiger partial charge in [-0.15, -0.1) is 11.3 Å². The van der Waals surface area contributed by atoms with Crippen molar-refractivity contribution in [3.05, 3.63) is 75.9 Å². The summed E-state index contributed by atoms with van der Waals surface area (Å²) >= 11 is 7.85. The Hall–Kier alpha value is -2.63. The van der Waals surface area contributed by atoms with Crippen molar-refractivity contribution in [2.24, 2.45) is 7.05 Å². The molecule has 4 aromatic rings. The molecule has 1 amide bonds. The molecule has 0 saturated carbocycles. The first-order valence-electron chi connectivity index (χ1n) is 9.04. The zero-order valence-corrected chi connectivity index (χ0v) is 17.3. The lowest BCUT2D eigenvalue weighted by atomic mass is 10.1. The van der Waals surface area contributed by atoms with E-state index in [9.17, 15) is 4.79 Å². The van der Waals surface area contributed by atoms with Crippen LogP contribution in [0.3, 0.4) is 0 Å². The Bertz CT molecular complexity index is 1160. The van der Waals surface area contributed by atoms with Gasteiger partial charge in [0.25, 0.3) is 0 Å². The average molecular weight is 410 g/mol. The van der Waals surface area contributed by atoms with E-state index in [4.69, 9.17) is 11.6 Å². The molecule has 2 aromatic heterocycles. The molecule has 0 aliphatic heterocycles. The van der Waals surface area contributed by atoms with Crippen LogP contribution < -0.4 is 5.32 Å². The lowest BCUT2D eigenvalue weighted by Crippen LogP contribution is -2.24. The maximum absolute atomic E-state index is 12.5. The third kappa shape index (κ3) is 3.68. The Labute approximate surface area is 172 Å². The molecule has 0 unspecified atom stereocenters. The molecule has 0 radical (unpaired) electrons. The highest BCUT2D eigenvalue weighted by Crippen LogP contribution is 2.32. The normalized spacial score (nSPS) is 11.1. The van der Waals surface area contributed by atoms with E-state index in [0.29, 0.717) is 18.0 Å². The summed E-state index contributed by atoms with van der Waals surface area (Å²) in [6, 6.07) is 15.8. The summed E-state index contributed by atoms with van der Waals surface area (Å²) < 4.78 is 2.06. The molecule has 0 saturated heterocycles. The van der Waals surface area contributed by atoms with Crippen molar-refractivity contribution in [1.82, 2.24) is 14.9 Å². The fraction of sp³-hybridized carbons (Fsp3) is 0.182. The highest BCUT2D eigenvalue weighted by Gasteiger charge is 2.14. The van der Waals surface area contributed by atoms with Gasteiger partial charge < -0.3 is 9.88 Å². The van der Waals surface area contributed by atoms with Crippen LogP contribution in [0.2, 0.25) is 5.02 Å². The van der Waals surface area contributed by atoms with Crippen LogP contribution in [0.1, 0.15) is 16.1 Å². The molecule has 0 atom stereocenters. The minimum Gasteiger partial charge on any atom is -0.351 e. The van der Waals surface area contributed by atoms with Crippen molar-refractivity contribution in [1.29, 1.82) is 0 Å². The van der Waals surface area contributed by atoms with E-state index in [0.717, 1.165) is 37.6 Å². The second-order valence-corrected chi connectivity index (χ2v) is 8.23. The number of thiazole rings is 1. The van der Waals surface area contributed by atoms with Crippen LogP contribution in [0, 0.1) is 6.92 Å². The predicted molar refractivity (Wildman–Crippen MR) is 116 cm³/mol. The number of amides is 1. The molecule has 28 heavy (non-hydrogen) atoms. The number of rotatable bonds is 5. The van der Waals surface area contributed by atoms with Crippen LogP contribution in [0.5, 0.6) is 0 Å². The zero-order valence-electron chi connectivity index (χ0n) is 15.7. The molecule has 2 heterocycles. The lowest BCUT2D eigenvalue weighted by Gasteiger charge is -2.04. The first-order valence-corrected chi connectivity index (χ1v) is 10.2. The maximum atomic E-state index is 12.5. The van der Waals surface area contributed by atoms with Crippen molar-refractivity contribution in [2.75, 3.05) is 0 Å². The van der Waals surface area contributed by atoms with Gasteiger partial charge in [-0.2, -0.15) is 0 Å². The summed E-state index contributed by atoms with van der Waals surface area (Å²) in [4.78, 5) is 18.2. The van der Waals surface area contributed by atoms with Crippen molar-refractivity contribution >= 4 is 39.7 Å². The van der Waals surface area contributed by atoms with E-state index in [-0.39, 0.29) is 5.91 Å². The Morgan fingerprint density at radius 3 is 2.75 bits per heavy atom. The van der Waals surface area contributed by atoms with Gasteiger partial charge in [-0.3, -0.25) is 4.79 Å². The number of fused-ring (bicyclic) bond motifs is 1. The van der Waals surface area contributed by atoms with Crippen molar-refractivity contribution < 1.29 is 4.79 Å². The Morgan fingerprint density at radius 2 is 1.93 bits per heavy atom. The lowest BCUT2D eigenvalue weighted by molar-refractivity contribution is -0.120. The highest BCUT2D eigenvalue weighted by molar-refractivity contribution is 7.15. The van der Waals surface area contributed by atoms with E-state index < -0.39 is 0 Å². The second-order valence-electron chi connectivity index (χ2n) is 6.74. The van der Waals surface area contributed by atoms with E-state index in [2.05, 4.69) is 27.0 Å². The van der Waals surface area contributed by atoms with Gasteiger partial charge in [0, 0.05) is 34.6 Å². The first-order chi connectivity index (χ1) is 13.5. The smallest absolute Gasteiger partial charge is 0.224 e. The van der Waals surface area contributed by atoms with E-state index in [1.165, 1.54) is 0 Å². The summed E-state index contributed by atoms with van der Waals surface area (Å²) in [7, 11) is 2.00. The van der Waals surface area contributed by atoms with Gasteiger partial charge in [-0.25, -0.2) is 4.98 Å². The monoisotopic (exact) mass is 409 g/mol. The molecular formula is C22H20ClN3OS. The van der Waals surface area contributed by atoms with Crippen molar-refractivity contribution in [2.45, 2.75) is 19.9 Å². The Kier molecular flexibility index (Phi) is 5.20. The number of aryl methyl sites for hydroxylation is 2. The van der Waals surface area contributed by atoms with Gasteiger partial charge in [0.1, 0.15) is 5.01 Å². The molecule has 1 N–H and O–H groups in total. The number of hydrogen-bond donors (Lipinski definition) is 1. The number of aromatic nitrogens is 2. The van der Waals surface area contributed by atoms with Gasteiger partial charge in [-0.1, -0.05) is 48.0 Å². The van der Waals surface area contributed by atoms with Gasteiger partial charge in [-0.05, 0) is 24.6 Å². The molecule has 0 aliphatic rings. The first kappa shape index (κ1) is 18.7. The number of carbonyl (C=O) groups excluding carboxylic acids is 1. The third-order valence-corrected chi connectivity index (χ3v) is 6.29. The quantitative estimate of drug-likeness (QED) is 0.497. The van der Waals surface area contributed by atoms with Gasteiger partial charge >= 0.3 is 0 Å². The van der Waals surface area contributed by atoms with Gasteiger partial charge in [0.05, 0.1) is 23.7 Å². The zero-order chi connectivity index (χ0) is 19.7. The van der Waals surface area contributed by atoms with Crippen molar-refractivity contribution in [3.63, 3.8) is 0 Å². The number of benzene rings is 2. The topological polar surface area (TPSA) is 46.9 Å². The summed E-state index contributed by atoms with van der Waals surface area (Å²) in [5.74, 6) is 0.00319. The van der Waals surface area contributed by atoms with Crippen LogP contribution in [-0.4, -0.2) is 15.5 Å². The van der Waals surface area contributed by atoms with Crippen LogP contribution >= 0.6 is 22.9 Å². The van der Waals surface area contributed by atoms with Crippen LogP contribution in [0.25, 0.3) is 21.5 Å². The third-order valence-electron chi connectivity index (χ3n) is 4.77. The standard InChI is InChI=1S/C22H20ClN3OS/c1-14-20(28-22(25-14)17-8-3-5-9-18(17)23)12-24-21(27)11-15-13-26(2)19-10-6-4-7-16(15)19/h3-10,13H,11-12H2,1-2H3,(H,24,27). The molecule has 2 aromatic carbocycles. The number of nitrogens with zero attached hydrogens (tertiary/aromatic N) is 2. The number of nitrogens with one attached hydrogen (secondary N) is 1. The molecule has 6 heteroatoms. The molecule has 0 bridgehead atoms. The number of para-hydroxylation sites is 1. The molecule has 0 aliphatic carbocycles. The van der Waals surface area contributed by atoms with Crippen molar-refractivity contribution in [3.8, 4) is 10.6 Å². The number of halogens is 1. The van der Waals surface area contributed by atoms with Gasteiger partial charge in [0.2, 0.25) is 5.91 Å². The highest BCUT2D eigenvalue weighted by atomic mass is 35.5. The van der Waals surface area contributed by atoms with E-state index in [1.807, 2.05) is 56.6 Å². The molecule has 0 fully saturated rings. The predicted octanol–water partition coefficient (Wildman–Crippen LogP) is 5.12. The fourth-order valence-corrected chi connectivity index (χ4v) is 4.65. The average Bonchev–Trinajstić information content (AvgIpc) is 3.21. The SMILES string of the molecule is Cc1nc(-c2ccccc2Cl)sc1CNC(=O)Cc1cn(C)c2ccccc12. The minimum absolute atomic E-state index is 0.00319. The molecular weight excluding hydrogens is 390 g/mol. The van der Waals surface area contributed by atoms with Gasteiger partial charge in [0.15, 0.2) is 0 Å². The number of hydrogen-bond acceptors (Lipinski definition) is 3. The Morgan fingerprint density at radius 1 is 1.18 bits per heavy atom. The summed E-state index contributed by atoms with van der Waals surface area (Å²) in [6.45, 7) is 2.43. The fourth-order valence-electron chi connectivity index (χ4n) is 3.32. The minimum atomic E-state index is 0.00319. The second kappa shape index (κ2) is 7.78. The summed E-state index contributed by atoms with van der Waals surface area (Å²) in [6.07, 6.45) is 2.38. The molecule has 0 spiro atoms. The maximum Gasteiger partial charge on any atom is 0.224 e. The van der Waals surface area contributed by atoms with Crippen LogP contribution in [0.15, 0.2) is 54.7 Å². The molecule has 142 valence electrons. The largest absolute Gasteiger partial charge is 0.351 e. The molecule has 4 nitrogen and oxygen atoms in total. The number of carbonyl (C=O) groups is 1. The van der Waals surface area contributed by atoms with Crippen LogP contribution in [0.4, 0.5) is 0 Å².